The van der Waals surface area contributed by atoms with Crippen LogP contribution >= 0.6 is 0 Å². The van der Waals surface area contributed by atoms with Gasteiger partial charge in [-0.05, 0) is 23.3 Å². The Morgan fingerprint density at radius 1 is 1.18 bits per heavy atom. The maximum atomic E-state index is 11.5. The average Bonchev–Trinajstić information content (AvgIpc) is 2.93. The van der Waals surface area contributed by atoms with Gasteiger partial charge in [0.15, 0.2) is 0 Å². The van der Waals surface area contributed by atoms with Crippen LogP contribution in [0.5, 0.6) is 0 Å². The van der Waals surface area contributed by atoms with Gasteiger partial charge in [-0.15, -0.1) is 0 Å². The third-order valence-corrected chi connectivity index (χ3v) is 6.49. The Hall–Kier alpha value is -1.70. The van der Waals surface area contributed by atoms with Gasteiger partial charge in [-0.1, -0.05) is 24.3 Å². The first-order chi connectivity index (χ1) is 10.6. The van der Waals surface area contributed by atoms with Gasteiger partial charge in [0.2, 0.25) is 0 Å². The highest BCUT2D eigenvalue weighted by molar-refractivity contribution is 7.86. The Morgan fingerprint density at radius 2 is 1.91 bits per heavy atom. The number of nitrogens with zero attached hydrogens (tertiary/aromatic N) is 3. The van der Waals surface area contributed by atoms with Crippen LogP contribution in [0.3, 0.4) is 0 Å². The molecule has 0 bridgehead atoms. The number of piperidine rings is 1. The first kappa shape index (κ1) is 12.8. The van der Waals surface area contributed by atoms with Crippen LogP contribution in [0.25, 0.3) is 11.3 Å². The summed E-state index contributed by atoms with van der Waals surface area (Å²) < 4.78 is 26.6. The van der Waals surface area contributed by atoms with Crippen molar-refractivity contribution in [3.8, 4) is 11.3 Å². The van der Waals surface area contributed by atoms with Gasteiger partial charge in [0.05, 0.1) is 24.3 Å². The average molecular weight is 316 g/mol. The molecule has 1 aromatic carbocycles. The molecule has 3 aliphatic rings. The molecule has 3 unspecified atom stereocenters. The van der Waals surface area contributed by atoms with Crippen molar-refractivity contribution in [3.05, 3.63) is 42.4 Å². The van der Waals surface area contributed by atoms with E-state index in [-0.39, 0.29) is 6.04 Å². The van der Waals surface area contributed by atoms with Crippen molar-refractivity contribution in [2.45, 2.75) is 6.04 Å². The zero-order valence-corrected chi connectivity index (χ0v) is 12.6. The van der Waals surface area contributed by atoms with Crippen molar-refractivity contribution in [3.63, 3.8) is 0 Å². The van der Waals surface area contributed by atoms with Gasteiger partial charge in [0.1, 0.15) is 0 Å². The molecule has 114 valence electrons. The lowest BCUT2D eigenvalue weighted by atomic mass is 9.98. The van der Waals surface area contributed by atoms with Gasteiger partial charge >= 0.3 is 0 Å². The Labute approximate surface area is 128 Å². The van der Waals surface area contributed by atoms with Gasteiger partial charge in [-0.2, -0.15) is 12.7 Å². The van der Waals surface area contributed by atoms with E-state index in [9.17, 15) is 8.42 Å². The lowest BCUT2D eigenvalue weighted by molar-refractivity contribution is 0.374. The second kappa shape index (κ2) is 3.98. The van der Waals surface area contributed by atoms with Crippen LogP contribution < -0.4 is 5.14 Å². The smallest absolute Gasteiger partial charge is 0.276 e. The molecular weight excluding hydrogens is 300 g/mol. The number of aromatic nitrogens is 2. The summed E-state index contributed by atoms with van der Waals surface area (Å²) in [4.78, 5) is 4.29. The second-order valence-electron chi connectivity index (χ2n) is 6.49. The van der Waals surface area contributed by atoms with E-state index in [0.29, 0.717) is 30.8 Å². The molecule has 22 heavy (non-hydrogen) atoms. The number of nitrogens with two attached hydrogens (primary N) is 1. The molecular formula is C15H16N4O2S. The van der Waals surface area contributed by atoms with Crippen molar-refractivity contribution in [1.29, 1.82) is 0 Å². The fraction of sp³-hybridized carbons (Fsp3) is 0.400. The molecule has 0 spiro atoms. The highest BCUT2D eigenvalue weighted by Gasteiger charge is 2.62. The molecule has 1 aliphatic carbocycles. The summed E-state index contributed by atoms with van der Waals surface area (Å²) >= 11 is 0. The molecule has 5 rings (SSSR count). The first-order valence-corrected chi connectivity index (χ1v) is 8.95. The molecule has 0 radical (unpaired) electrons. The van der Waals surface area contributed by atoms with E-state index in [1.165, 1.54) is 15.4 Å². The second-order valence-corrected chi connectivity index (χ2v) is 8.03. The van der Waals surface area contributed by atoms with Crippen molar-refractivity contribution in [1.82, 2.24) is 13.9 Å². The fourth-order valence-corrected chi connectivity index (χ4v) is 5.24. The first-order valence-electron chi connectivity index (χ1n) is 7.44. The highest BCUT2D eigenvalue weighted by atomic mass is 32.2. The number of rotatable bonds is 2. The van der Waals surface area contributed by atoms with Crippen molar-refractivity contribution in [2.24, 2.45) is 22.9 Å². The Morgan fingerprint density at radius 3 is 2.64 bits per heavy atom. The van der Waals surface area contributed by atoms with Crippen LogP contribution in [0.2, 0.25) is 0 Å². The van der Waals surface area contributed by atoms with Gasteiger partial charge in [0, 0.05) is 18.7 Å². The number of hydrogen-bond donors (Lipinski definition) is 1. The quantitative estimate of drug-likeness (QED) is 0.891. The van der Waals surface area contributed by atoms with Gasteiger partial charge < -0.3 is 4.57 Å². The van der Waals surface area contributed by atoms with E-state index in [4.69, 9.17) is 5.14 Å². The lowest BCUT2D eigenvalue weighted by Gasteiger charge is -2.21. The molecule has 1 saturated heterocycles. The number of imidazole rings is 1. The molecule has 2 fully saturated rings. The molecule has 0 amide bonds. The minimum atomic E-state index is -3.55. The van der Waals surface area contributed by atoms with Gasteiger partial charge in [0.25, 0.3) is 10.2 Å². The van der Waals surface area contributed by atoms with Crippen LogP contribution in [0.15, 0.2) is 36.8 Å². The van der Waals surface area contributed by atoms with E-state index in [0.717, 1.165) is 5.69 Å². The summed E-state index contributed by atoms with van der Waals surface area (Å²) in [7, 11) is -3.55. The van der Waals surface area contributed by atoms with Crippen molar-refractivity contribution >= 4 is 10.2 Å². The standard InChI is InChI=1S/C15H16N4O2S/c16-22(20,21)18-6-11-12(7-18)14(11)15-10-4-2-1-3-9(10)13-5-17-8-19(13)15/h1-5,8,11-12,14-15H,6-7H2,(H2,16,20,21). The van der Waals surface area contributed by atoms with Crippen LogP contribution in [0, 0.1) is 17.8 Å². The maximum Gasteiger partial charge on any atom is 0.276 e. The third-order valence-electron chi connectivity index (χ3n) is 5.47. The Kier molecular flexibility index (Phi) is 2.32. The summed E-state index contributed by atoms with van der Waals surface area (Å²) in [5, 5.41) is 5.24. The fourth-order valence-electron chi connectivity index (χ4n) is 4.48. The molecule has 2 aliphatic heterocycles. The van der Waals surface area contributed by atoms with E-state index in [2.05, 4.69) is 33.8 Å². The molecule has 1 aromatic heterocycles. The monoisotopic (exact) mass is 316 g/mol. The molecule has 3 heterocycles. The largest absolute Gasteiger partial charge is 0.323 e. The third kappa shape index (κ3) is 1.56. The van der Waals surface area contributed by atoms with E-state index in [1.54, 1.807) is 0 Å². The number of benzene rings is 1. The SMILES string of the molecule is NS(=O)(=O)N1CC2C(C1)C2C1c2ccccc2-c2cncn21. The van der Waals surface area contributed by atoms with E-state index < -0.39 is 10.2 Å². The molecule has 7 heteroatoms. The summed E-state index contributed by atoms with van der Waals surface area (Å²) in [6.45, 7) is 1.10. The maximum absolute atomic E-state index is 11.5. The molecule has 6 nitrogen and oxygen atoms in total. The lowest BCUT2D eigenvalue weighted by Crippen LogP contribution is -2.37. The Bertz CT molecular complexity index is 863. The van der Waals surface area contributed by atoms with Crippen molar-refractivity contribution in [2.75, 3.05) is 13.1 Å². The summed E-state index contributed by atoms with van der Waals surface area (Å²) in [5.41, 5.74) is 3.74. The minimum absolute atomic E-state index is 0.284. The highest BCUT2D eigenvalue weighted by Crippen LogP contribution is 2.61. The van der Waals surface area contributed by atoms with E-state index >= 15 is 0 Å². The van der Waals surface area contributed by atoms with Gasteiger partial charge in [-0.25, -0.2) is 10.1 Å². The summed E-state index contributed by atoms with van der Waals surface area (Å²) in [6, 6.07) is 8.72. The number of fused-ring (bicyclic) bond motifs is 4. The van der Waals surface area contributed by atoms with Crippen LogP contribution in [0.1, 0.15) is 11.6 Å². The van der Waals surface area contributed by atoms with Crippen LogP contribution in [0.4, 0.5) is 0 Å². The van der Waals surface area contributed by atoms with Gasteiger partial charge in [-0.3, -0.25) is 0 Å². The zero-order chi connectivity index (χ0) is 15.1. The minimum Gasteiger partial charge on any atom is -0.323 e. The van der Waals surface area contributed by atoms with Crippen molar-refractivity contribution < 1.29 is 8.42 Å². The predicted octanol–water partition coefficient (Wildman–Crippen LogP) is 0.834. The summed E-state index contributed by atoms with van der Waals surface area (Å²) in [6.07, 6.45) is 3.80. The Balaban J connectivity index is 1.50. The van der Waals surface area contributed by atoms with Crippen LogP contribution in [-0.2, 0) is 10.2 Å². The molecule has 1 saturated carbocycles. The number of hydrogen-bond acceptors (Lipinski definition) is 3. The van der Waals surface area contributed by atoms with E-state index in [1.807, 2.05) is 12.5 Å². The zero-order valence-electron chi connectivity index (χ0n) is 11.8. The predicted molar refractivity (Wildman–Crippen MR) is 81.0 cm³/mol. The molecule has 3 atom stereocenters. The van der Waals surface area contributed by atoms with Crippen LogP contribution in [-0.4, -0.2) is 35.4 Å². The normalized spacial score (nSPS) is 32.6. The topological polar surface area (TPSA) is 81.2 Å². The molecule has 2 N–H and O–H groups in total. The molecule has 2 aromatic rings. The summed E-state index contributed by atoms with van der Waals surface area (Å²) in [5.74, 6) is 1.30.